The summed E-state index contributed by atoms with van der Waals surface area (Å²) in [4.78, 5) is 11.3. The number of carbonyl (C=O) groups is 1. The molecule has 1 rings (SSSR count). The normalized spacial score (nSPS) is 11.1. The Bertz CT molecular complexity index is 328. The van der Waals surface area contributed by atoms with E-state index in [1.807, 2.05) is 6.07 Å². The lowest BCUT2D eigenvalue weighted by Crippen LogP contribution is -2.06. The molecule has 0 bridgehead atoms. The van der Waals surface area contributed by atoms with Gasteiger partial charge in [0.25, 0.3) is 0 Å². The zero-order chi connectivity index (χ0) is 10.4. The lowest BCUT2D eigenvalue weighted by molar-refractivity contribution is -0.136. The maximum Gasteiger partial charge on any atom is 0.341 e. The molecule has 0 saturated carbocycles. The predicted molar refractivity (Wildman–Crippen MR) is 53.7 cm³/mol. The molecule has 0 aliphatic rings. The molecule has 0 aliphatic heterocycles. The van der Waals surface area contributed by atoms with Crippen molar-refractivity contribution in [1.82, 2.24) is 0 Å². The maximum atomic E-state index is 11.3. The Morgan fingerprint density at radius 1 is 1.43 bits per heavy atom. The molecule has 74 valence electrons. The van der Waals surface area contributed by atoms with Gasteiger partial charge in [0, 0.05) is 0 Å². The van der Waals surface area contributed by atoms with Gasteiger partial charge in [-0.1, -0.05) is 30.3 Å². The molecule has 0 unspecified atom stereocenters. The number of benzene rings is 1. The zero-order valence-electron chi connectivity index (χ0n) is 7.93. The fourth-order valence-corrected chi connectivity index (χ4v) is 1.07. The highest BCUT2D eigenvalue weighted by Crippen LogP contribution is 2.14. The third-order valence-corrected chi connectivity index (χ3v) is 1.71. The van der Waals surface area contributed by atoms with Gasteiger partial charge in [-0.05, 0) is 12.5 Å². The summed E-state index contributed by atoms with van der Waals surface area (Å²) in [5, 5.41) is 8.91. The van der Waals surface area contributed by atoms with Gasteiger partial charge in [0.1, 0.15) is 5.57 Å². The molecule has 0 aromatic heterocycles. The first kappa shape index (κ1) is 10.3. The number of hydrogen-bond donors (Lipinski definition) is 1. The van der Waals surface area contributed by atoms with Crippen molar-refractivity contribution in [3.63, 3.8) is 0 Å². The van der Waals surface area contributed by atoms with Crippen molar-refractivity contribution in [3.05, 3.63) is 42.2 Å². The van der Waals surface area contributed by atoms with Crippen LogP contribution in [0, 0.1) is 0 Å². The van der Waals surface area contributed by atoms with E-state index in [9.17, 15) is 4.79 Å². The largest absolute Gasteiger partial charge is 0.515 e. The molecule has 0 amide bonds. The Morgan fingerprint density at radius 3 is 2.57 bits per heavy atom. The smallest absolute Gasteiger partial charge is 0.341 e. The molecule has 0 heterocycles. The number of aliphatic hydroxyl groups excluding tert-OH is 1. The average molecular weight is 192 g/mol. The minimum atomic E-state index is -0.513. The quantitative estimate of drug-likeness (QED) is 0.453. The van der Waals surface area contributed by atoms with Crippen LogP contribution in [0.3, 0.4) is 0 Å². The number of rotatable bonds is 3. The van der Waals surface area contributed by atoms with Gasteiger partial charge in [0.2, 0.25) is 0 Å². The van der Waals surface area contributed by atoms with Crippen molar-refractivity contribution in [2.45, 2.75) is 6.92 Å². The number of aliphatic hydroxyl groups is 1. The van der Waals surface area contributed by atoms with E-state index < -0.39 is 5.97 Å². The highest BCUT2D eigenvalue weighted by Gasteiger charge is 2.12. The monoisotopic (exact) mass is 192 g/mol. The van der Waals surface area contributed by atoms with E-state index in [-0.39, 0.29) is 5.57 Å². The van der Waals surface area contributed by atoms with Crippen molar-refractivity contribution in [2.24, 2.45) is 0 Å². The van der Waals surface area contributed by atoms with E-state index in [0.29, 0.717) is 12.2 Å². The fourth-order valence-electron chi connectivity index (χ4n) is 1.07. The van der Waals surface area contributed by atoms with Gasteiger partial charge < -0.3 is 9.84 Å². The fraction of sp³-hybridized carbons (Fsp3) is 0.182. The van der Waals surface area contributed by atoms with Crippen molar-refractivity contribution in [3.8, 4) is 0 Å². The highest BCUT2D eigenvalue weighted by atomic mass is 16.5. The Hall–Kier alpha value is -1.77. The van der Waals surface area contributed by atoms with E-state index in [4.69, 9.17) is 9.84 Å². The van der Waals surface area contributed by atoms with Crippen LogP contribution in [0.1, 0.15) is 12.5 Å². The van der Waals surface area contributed by atoms with Crippen LogP contribution in [0.5, 0.6) is 0 Å². The van der Waals surface area contributed by atoms with Crippen LogP contribution in [-0.4, -0.2) is 17.7 Å². The minimum absolute atomic E-state index is 0.174. The molecule has 0 radical (unpaired) electrons. The Labute approximate surface area is 82.6 Å². The summed E-state index contributed by atoms with van der Waals surface area (Å²) in [6.07, 6.45) is 0.771. The van der Waals surface area contributed by atoms with Crippen LogP contribution in [-0.2, 0) is 9.53 Å². The van der Waals surface area contributed by atoms with Gasteiger partial charge in [0.15, 0.2) is 0 Å². The van der Waals surface area contributed by atoms with Gasteiger partial charge in [-0.15, -0.1) is 0 Å². The average Bonchev–Trinajstić information content (AvgIpc) is 2.21. The first-order chi connectivity index (χ1) is 6.79. The molecule has 0 atom stereocenters. The van der Waals surface area contributed by atoms with Crippen LogP contribution in [0.15, 0.2) is 36.6 Å². The molecule has 0 spiro atoms. The Morgan fingerprint density at radius 2 is 2.07 bits per heavy atom. The van der Waals surface area contributed by atoms with Gasteiger partial charge in [-0.3, -0.25) is 0 Å². The topological polar surface area (TPSA) is 46.5 Å². The second-order valence-corrected chi connectivity index (χ2v) is 2.63. The van der Waals surface area contributed by atoms with E-state index in [1.54, 1.807) is 31.2 Å². The molecule has 0 aliphatic carbocycles. The van der Waals surface area contributed by atoms with Crippen LogP contribution in [0.25, 0.3) is 5.57 Å². The standard InChI is InChI=1S/C11H12O3/c1-2-14-11(13)10(8-12)9-6-4-3-5-7-9/h3-8,12H,2H2,1H3/b10-8-. The van der Waals surface area contributed by atoms with E-state index in [1.165, 1.54) is 0 Å². The van der Waals surface area contributed by atoms with Crippen molar-refractivity contribution < 1.29 is 14.6 Å². The minimum Gasteiger partial charge on any atom is -0.515 e. The van der Waals surface area contributed by atoms with Crippen molar-refractivity contribution >= 4 is 11.5 Å². The van der Waals surface area contributed by atoms with Gasteiger partial charge in [0.05, 0.1) is 12.9 Å². The molecular weight excluding hydrogens is 180 g/mol. The second-order valence-electron chi connectivity index (χ2n) is 2.63. The summed E-state index contributed by atoms with van der Waals surface area (Å²) in [6.45, 7) is 2.01. The van der Waals surface area contributed by atoms with Gasteiger partial charge >= 0.3 is 5.97 Å². The SMILES string of the molecule is CCOC(=O)/C(=C\O)c1ccccc1. The number of hydrogen-bond acceptors (Lipinski definition) is 3. The lowest BCUT2D eigenvalue weighted by Gasteiger charge is -2.04. The molecule has 0 fully saturated rings. The Kier molecular flexibility index (Phi) is 3.73. The van der Waals surface area contributed by atoms with Crippen molar-refractivity contribution in [1.29, 1.82) is 0 Å². The van der Waals surface area contributed by atoms with Gasteiger partial charge in [-0.25, -0.2) is 4.79 Å². The Balaban J connectivity index is 2.89. The molecule has 0 saturated heterocycles. The molecule has 1 aromatic rings. The van der Waals surface area contributed by atoms with Crippen LogP contribution >= 0.6 is 0 Å². The summed E-state index contributed by atoms with van der Waals surface area (Å²) >= 11 is 0. The second kappa shape index (κ2) is 5.07. The molecule has 1 N–H and O–H groups in total. The third kappa shape index (κ3) is 2.36. The van der Waals surface area contributed by atoms with Crippen molar-refractivity contribution in [2.75, 3.05) is 6.61 Å². The molecule has 3 heteroatoms. The third-order valence-electron chi connectivity index (χ3n) is 1.71. The summed E-state index contributed by atoms with van der Waals surface area (Å²) < 4.78 is 4.78. The van der Waals surface area contributed by atoms with E-state index in [2.05, 4.69) is 0 Å². The number of esters is 1. The first-order valence-electron chi connectivity index (χ1n) is 4.36. The van der Waals surface area contributed by atoms with E-state index in [0.717, 1.165) is 6.26 Å². The summed E-state index contributed by atoms with van der Waals surface area (Å²) in [6, 6.07) is 8.89. The molecular formula is C11H12O3. The molecule has 14 heavy (non-hydrogen) atoms. The van der Waals surface area contributed by atoms with Crippen LogP contribution in [0.4, 0.5) is 0 Å². The summed E-state index contributed by atoms with van der Waals surface area (Å²) in [5.74, 6) is -0.513. The molecule has 3 nitrogen and oxygen atoms in total. The molecule has 1 aromatic carbocycles. The summed E-state index contributed by atoms with van der Waals surface area (Å²) in [7, 11) is 0. The number of ether oxygens (including phenoxy) is 1. The van der Waals surface area contributed by atoms with Crippen LogP contribution < -0.4 is 0 Å². The van der Waals surface area contributed by atoms with Gasteiger partial charge in [-0.2, -0.15) is 0 Å². The number of carbonyl (C=O) groups excluding carboxylic acids is 1. The predicted octanol–water partition coefficient (Wildman–Crippen LogP) is 2.15. The maximum absolute atomic E-state index is 11.3. The first-order valence-corrected chi connectivity index (χ1v) is 4.36. The lowest BCUT2D eigenvalue weighted by atomic mass is 10.1. The van der Waals surface area contributed by atoms with Crippen LogP contribution in [0.2, 0.25) is 0 Å². The highest BCUT2D eigenvalue weighted by molar-refractivity contribution is 6.16. The van der Waals surface area contributed by atoms with E-state index >= 15 is 0 Å². The zero-order valence-corrected chi connectivity index (χ0v) is 7.93. The summed E-state index contributed by atoms with van der Waals surface area (Å²) in [5.41, 5.74) is 0.820.